The molecule has 4 heteroatoms. The van der Waals surface area contributed by atoms with Crippen LogP contribution in [-0.2, 0) is 0 Å². The first kappa shape index (κ1) is 18.4. The Bertz CT molecular complexity index is 166. The van der Waals surface area contributed by atoms with Crippen LogP contribution >= 0.6 is 30.6 Å². The molecule has 0 fully saturated rings. The summed E-state index contributed by atoms with van der Waals surface area (Å²) in [7, 11) is 0. The molecule has 0 aromatic rings. The van der Waals surface area contributed by atoms with Gasteiger partial charge in [-0.15, -0.1) is 30.6 Å². The van der Waals surface area contributed by atoms with Gasteiger partial charge in [-0.05, 0) is 29.8 Å². The van der Waals surface area contributed by atoms with Crippen molar-refractivity contribution in [1.29, 1.82) is 0 Å². The molecule has 0 aliphatic rings. The van der Waals surface area contributed by atoms with Crippen molar-refractivity contribution in [2.24, 2.45) is 0 Å². The fourth-order valence-corrected chi connectivity index (χ4v) is 32.2. The van der Waals surface area contributed by atoms with Crippen LogP contribution in [0.3, 0.4) is 0 Å². The third-order valence-electron chi connectivity index (χ3n) is 3.43. The molecule has 0 atom stereocenters. The van der Waals surface area contributed by atoms with E-state index in [1.807, 2.05) is 0 Å². The molecule has 0 heterocycles. The molecule has 0 nitrogen and oxygen atoms in total. The fraction of sp³-hybridized carbons (Fsp3) is 1.00. The van der Waals surface area contributed by atoms with Crippen LogP contribution in [0.5, 0.6) is 0 Å². The van der Waals surface area contributed by atoms with E-state index in [1.165, 1.54) is 49.9 Å². The second-order valence-corrected chi connectivity index (χ2v) is 23.6. The Hall–Kier alpha value is 1.39. The maximum atomic E-state index is 4.23. The van der Waals surface area contributed by atoms with Gasteiger partial charge in [0, 0.05) is 0 Å². The smallest absolute Gasteiger partial charge is 0.126 e. The zero-order valence-electron chi connectivity index (χ0n) is 12.1. The minimum atomic E-state index is -1.13. The van der Waals surface area contributed by atoms with E-state index in [9.17, 15) is 0 Å². The van der Waals surface area contributed by atoms with E-state index in [-0.39, 0.29) is 0 Å². The van der Waals surface area contributed by atoms with E-state index in [2.05, 4.69) is 58.3 Å². The molecule has 0 aromatic carbocycles. The first-order valence-electron chi connectivity index (χ1n) is 7.33. The summed E-state index contributed by atoms with van der Waals surface area (Å²) in [6.45, 7) is 7.11. The highest BCUT2D eigenvalue weighted by atomic mass is 79.9. The van der Waals surface area contributed by atoms with Gasteiger partial charge >= 0.3 is 0 Å². The molecule has 0 unspecified atom stereocenters. The Morgan fingerprint density at radius 1 is 0.588 bits per heavy atom. The van der Waals surface area contributed by atoms with Gasteiger partial charge in [0.2, 0.25) is 0 Å². The number of rotatable bonds is 10. The van der Waals surface area contributed by atoms with Crippen molar-refractivity contribution in [2.45, 2.75) is 83.2 Å². The highest BCUT2D eigenvalue weighted by Crippen LogP contribution is 2.41. The Balaban J connectivity index is 4.65. The van der Waals surface area contributed by atoms with Gasteiger partial charge in [-0.2, -0.15) is 0 Å². The number of halogens is 2. The van der Waals surface area contributed by atoms with Gasteiger partial charge in [0.25, 0.3) is 0 Å². The molecule has 17 heavy (non-hydrogen) atoms. The van der Waals surface area contributed by atoms with Crippen molar-refractivity contribution >= 4 is 44.0 Å². The van der Waals surface area contributed by atoms with Crippen LogP contribution in [0.2, 0.25) is 29.8 Å². The minimum absolute atomic E-state index is 1.13. The van der Waals surface area contributed by atoms with Gasteiger partial charge < -0.3 is 0 Å². The van der Waals surface area contributed by atoms with Crippen molar-refractivity contribution in [3.05, 3.63) is 0 Å². The highest BCUT2D eigenvalue weighted by Gasteiger charge is 2.39. The van der Waals surface area contributed by atoms with Crippen molar-refractivity contribution in [2.75, 3.05) is 0 Å². The van der Waals surface area contributed by atoms with E-state index >= 15 is 0 Å². The molecule has 0 aromatic heterocycles. The molecule has 0 bridgehead atoms. The van der Waals surface area contributed by atoms with Gasteiger partial charge in [-0.3, -0.25) is 0 Å². The van der Waals surface area contributed by atoms with Gasteiger partial charge in [-0.25, -0.2) is 0 Å². The summed E-state index contributed by atoms with van der Waals surface area (Å²) < 4.78 is 0. The normalized spacial score (nSPS) is 13.1. The monoisotopic (exact) mass is 400 g/mol. The molecule has 0 amide bonds. The van der Waals surface area contributed by atoms with Crippen LogP contribution in [0.4, 0.5) is 0 Å². The molecule has 0 rings (SSSR count). The van der Waals surface area contributed by atoms with E-state index in [1.54, 1.807) is 5.67 Å². The lowest BCUT2D eigenvalue weighted by Gasteiger charge is -2.34. The average molecular weight is 402 g/mol. The SMILES string of the molecule is CCC[Si](Br)(CCC)C[Si](Br)(CCC)CCC. The molecule has 0 aliphatic carbocycles. The molecule has 0 N–H and O–H groups in total. The summed E-state index contributed by atoms with van der Waals surface area (Å²) in [6.07, 6.45) is 5.42. The van der Waals surface area contributed by atoms with Crippen LogP contribution in [0.15, 0.2) is 0 Å². The summed E-state index contributed by atoms with van der Waals surface area (Å²) >= 11 is 8.45. The Labute approximate surface area is 127 Å². The van der Waals surface area contributed by atoms with Crippen molar-refractivity contribution in [3.8, 4) is 0 Å². The summed E-state index contributed by atoms with van der Waals surface area (Å²) in [5.41, 5.74) is 1.54. The lowest BCUT2D eigenvalue weighted by Crippen LogP contribution is -2.39. The maximum absolute atomic E-state index is 4.23. The van der Waals surface area contributed by atoms with Crippen molar-refractivity contribution < 1.29 is 0 Å². The molecular formula is C13H30Br2Si2. The first-order valence-corrected chi connectivity index (χ1v) is 17.1. The highest BCUT2D eigenvalue weighted by molar-refractivity contribution is 9.27. The largest absolute Gasteiger partial charge is 0.128 e. The predicted molar refractivity (Wildman–Crippen MR) is 94.6 cm³/mol. The third kappa shape index (κ3) is 7.53. The summed E-state index contributed by atoms with van der Waals surface area (Å²) in [4.78, 5) is 0. The van der Waals surface area contributed by atoms with Crippen LogP contribution in [-0.4, -0.2) is 13.4 Å². The van der Waals surface area contributed by atoms with Gasteiger partial charge in [-0.1, -0.05) is 53.4 Å². The van der Waals surface area contributed by atoms with Crippen LogP contribution < -0.4 is 0 Å². The third-order valence-corrected chi connectivity index (χ3v) is 23.9. The second kappa shape index (κ2) is 9.32. The molecule has 0 saturated carbocycles. The lowest BCUT2D eigenvalue weighted by atomic mass is 10.6. The number of hydrogen-bond donors (Lipinski definition) is 0. The van der Waals surface area contributed by atoms with E-state index in [0.29, 0.717) is 0 Å². The zero-order valence-corrected chi connectivity index (χ0v) is 17.3. The molecule has 0 spiro atoms. The summed E-state index contributed by atoms with van der Waals surface area (Å²) in [5.74, 6) is 0. The quantitative estimate of drug-likeness (QED) is 0.277. The Morgan fingerprint density at radius 2 is 0.824 bits per heavy atom. The topological polar surface area (TPSA) is 0 Å². The van der Waals surface area contributed by atoms with E-state index in [0.717, 1.165) is 0 Å². The lowest BCUT2D eigenvalue weighted by molar-refractivity contribution is 0.976. The minimum Gasteiger partial charge on any atom is -0.126 e. The molecule has 0 aliphatic heterocycles. The standard InChI is InChI=1S/C13H30Br2Si2/c1-5-9-16(14,10-6-2)13-17(15,11-7-3)12-8-4/h5-13H2,1-4H3. The van der Waals surface area contributed by atoms with Crippen LogP contribution in [0, 0.1) is 0 Å². The van der Waals surface area contributed by atoms with E-state index in [4.69, 9.17) is 0 Å². The molecular weight excluding hydrogens is 372 g/mol. The second-order valence-electron chi connectivity index (χ2n) is 5.48. The zero-order chi connectivity index (χ0) is 13.4. The first-order chi connectivity index (χ1) is 7.95. The van der Waals surface area contributed by atoms with Gasteiger partial charge in [0.05, 0.1) is 0 Å². The average Bonchev–Trinajstić information content (AvgIpc) is 2.17. The number of hydrogen-bond acceptors (Lipinski definition) is 0. The maximum Gasteiger partial charge on any atom is 0.128 e. The van der Waals surface area contributed by atoms with Gasteiger partial charge in [0.15, 0.2) is 0 Å². The fourth-order valence-electron chi connectivity index (χ4n) is 2.96. The molecule has 104 valence electrons. The van der Waals surface area contributed by atoms with E-state index < -0.39 is 13.4 Å². The van der Waals surface area contributed by atoms with Crippen molar-refractivity contribution in [3.63, 3.8) is 0 Å². The predicted octanol–water partition coefficient (Wildman–Crippen LogP) is 6.85. The Morgan fingerprint density at radius 3 is 1.00 bits per heavy atom. The molecule has 0 saturated heterocycles. The van der Waals surface area contributed by atoms with Crippen LogP contribution in [0.1, 0.15) is 53.4 Å². The Kier molecular flexibility index (Phi) is 10.1. The van der Waals surface area contributed by atoms with Crippen molar-refractivity contribution in [1.82, 2.24) is 0 Å². The summed E-state index contributed by atoms with van der Waals surface area (Å²) in [5, 5.41) is 0. The van der Waals surface area contributed by atoms with Crippen LogP contribution in [0.25, 0.3) is 0 Å². The van der Waals surface area contributed by atoms with Gasteiger partial charge in [0.1, 0.15) is 13.4 Å². The summed E-state index contributed by atoms with van der Waals surface area (Å²) in [6, 6.07) is 5.87. The molecule has 0 radical (unpaired) electrons.